The van der Waals surface area contributed by atoms with Crippen LogP contribution in [0.5, 0.6) is 0 Å². The molecule has 0 amide bonds. The lowest BCUT2D eigenvalue weighted by Crippen LogP contribution is -2.17. The van der Waals surface area contributed by atoms with Crippen LogP contribution in [0, 0.1) is 5.82 Å². The van der Waals surface area contributed by atoms with Crippen LogP contribution in [0.15, 0.2) is 36.9 Å². The molecule has 0 aliphatic heterocycles. The third kappa shape index (κ3) is 4.70. The second-order valence-electron chi connectivity index (χ2n) is 4.29. The molecule has 1 nitrogen and oxygen atoms in total. The number of benzene rings is 1. The zero-order chi connectivity index (χ0) is 12.5. The van der Waals surface area contributed by atoms with Crippen LogP contribution in [0.4, 0.5) is 4.39 Å². The molecule has 17 heavy (non-hydrogen) atoms. The Labute approximate surface area is 104 Å². The lowest BCUT2D eigenvalue weighted by molar-refractivity contribution is 0.482. The van der Waals surface area contributed by atoms with Gasteiger partial charge in [0.25, 0.3) is 0 Å². The van der Waals surface area contributed by atoms with E-state index in [-0.39, 0.29) is 11.9 Å². The third-order valence-corrected chi connectivity index (χ3v) is 3.03. The minimum atomic E-state index is -0.113. The van der Waals surface area contributed by atoms with Crippen LogP contribution in [-0.4, -0.2) is 7.05 Å². The molecule has 0 aliphatic carbocycles. The van der Waals surface area contributed by atoms with E-state index in [1.807, 2.05) is 25.3 Å². The number of unbranched alkanes of at least 4 members (excludes halogenated alkanes) is 3. The first-order valence-electron chi connectivity index (χ1n) is 6.32. The Kier molecular flexibility index (Phi) is 6.56. The van der Waals surface area contributed by atoms with Gasteiger partial charge in [-0.2, -0.15) is 0 Å². The molecule has 1 aromatic rings. The summed E-state index contributed by atoms with van der Waals surface area (Å²) in [7, 11) is 1.89. The maximum Gasteiger partial charge on any atom is 0.127 e. The highest BCUT2D eigenvalue weighted by molar-refractivity contribution is 5.20. The highest BCUT2D eigenvalue weighted by Crippen LogP contribution is 2.22. The Morgan fingerprint density at radius 3 is 2.71 bits per heavy atom. The number of halogens is 1. The smallest absolute Gasteiger partial charge is 0.127 e. The molecule has 0 bridgehead atoms. The summed E-state index contributed by atoms with van der Waals surface area (Å²) < 4.78 is 13.6. The normalized spacial score (nSPS) is 12.4. The zero-order valence-electron chi connectivity index (χ0n) is 10.6. The Morgan fingerprint density at radius 1 is 1.29 bits per heavy atom. The topological polar surface area (TPSA) is 12.0 Å². The van der Waals surface area contributed by atoms with Gasteiger partial charge < -0.3 is 5.32 Å². The predicted octanol–water partition coefficient (Wildman–Crippen LogP) is 4.22. The number of hydrogen-bond donors (Lipinski definition) is 1. The molecule has 0 fully saturated rings. The fourth-order valence-corrected chi connectivity index (χ4v) is 2.03. The summed E-state index contributed by atoms with van der Waals surface area (Å²) >= 11 is 0. The van der Waals surface area contributed by atoms with E-state index < -0.39 is 0 Å². The molecule has 94 valence electrons. The molecule has 1 atom stereocenters. The number of hydrogen-bond acceptors (Lipinski definition) is 1. The molecule has 1 rings (SSSR count). The van der Waals surface area contributed by atoms with Crippen LogP contribution in [-0.2, 0) is 0 Å². The quantitative estimate of drug-likeness (QED) is 0.525. The number of allylic oxidation sites excluding steroid dienone is 1. The van der Waals surface area contributed by atoms with Crippen LogP contribution < -0.4 is 5.32 Å². The molecule has 1 aromatic carbocycles. The molecule has 0 spiro atoms. The van der Waals surface area contributed by atoms with Gasteiger partial charge in [0, 0.05) is 11.6 Å². The Bertz CT molecular complexity index is 335. The average molecular weight is 235 g/mol. The summed E-state index contributed by atoms with van der Waals surface area (Å²) in [6.07, 6.45) is 7.48. The van der Waals surface area contributed by atoms with Crippen LogP contribution in [0.2, 0.25) is 0 Å². The van der Waals surface area contributed by atoms with Crippen molar-refractivity contribution in [1.29, 1.82) is 0 Å². The van der Waals surface area contributed by atoms with E-state index in [4.69, 9.17) is 0 Å². The molecule has 0 saturated heterocycles. The zero-order valence-corrected chi connectivity index (χ0v) is 10.6. The van der Waals surface area contributed by atoms with Gasteiger partial charge in [-0.25, -0.2) is 4.39 Å². The van der Waals surface area contributed by atoms with E-state index in [9.17, 15) is 4.39 Å². The van der Waals surface area contributed by atoms with Gasteiger partial charge in [0.1, 0.15) is 5.82 Å². The molecular weight excluding hydrogens is 213 g/mol. The molecule has 0 aromatic heterocycles. The SMILES string of the molecule is C=CCCCCCC(NC)c1ccccc1F. The summed E-state index contributed by atoms with van der Waals surface area (Å²) in [5, 5.41) is 3.19. The lowest BCUT2D eigenvalue weighted by atomic mass is 9.99. The Balaban J connectivity index is 2.43. The van der Waals surface area contributed by atoms with E-state index in [1.165, 1.54) is 18.9 Å². The van der Waals surface area contributed by atoms with Gasteiger partial charge in [-0.15, -0.1) is 6.58 Å². The van der Waals surface area contributed by atoms with Gasteiger partial charge in [-0.05, 0) is 32.4 Å². The highest BCUT2D eigenvalue weighted by atomic mass is 19.1. The van der Waals surface area contributed by atoms with Crippen molar-refractivity contribution in [2.45, 2.75) is 38.1 Å². The standard InChI is InChI=1S/C15H22FN/c1-3-4-5-6-7-12-15(17-2)13-10-8-9-11-14(13)16/h3,8-11,15,17H,1,4-7,12H2,2H3. The second kappa shape index (κ2) is 8.02. The van der Waals surface area contributed by atoms with Crippen molar-refractivity contribution in [3.8, 4) is 0 Å². The van der Waals surface area contributed by atoms with Gasteiger partial charge >= 0.3 is 0 Å². The van der Waals surface area contributed by atoms with E-state index in [2.05, 4.69) is 11.9 Å². The van der Waals surface area contributed by atoms with Gasteiger partial charge in [0.2, 0.25) is 0 Å². The molecule has 2 heteroatoms. The first-order valence-corrected chi connectivity index (χ1v) is 6.32. The predicted molar refractivity (Wildman–Crippen MR) is 71.5 cm³/mol. The van der Waals surface area contributed by atoms with Gasteiger partial charge in [0.05, 0.1) is 0 Å². The van der Waals surface area contributed by atoms with Crippen molar-refractivity contribution in [1.82, 2.24) is 5.32 Å². The second-order valence-corrected chi connectivity index (χ2v) is 4.29. The lowest BCUT2D eigenvalue weighted by Gasteiger charge is -2.17. The molecule has 0 heterocycles. The van der Waals surface area contributed by atoms with Gasteiger partial charge in [0.15, 0.2) is 0 Å². The van der Waals surface area contributed by atoms with E-state index in [0.717, 1.165) is 24.8 Å². The van der Waals surface area contributed by atoms with Crippen LogP contribution in [0.25, 0.3) is 0 Å². The minimum Gasteiger partial charge on any atom is -0.313 e. The summed E-state index contributed by atoms with van der Waals surface area (Å²) in [4.78, 5) is 0. The van der Waals surface area contributed by atoms with Gasteiger partial charge in [-0.3, -0.25) is 0 Å². The number of nitrogens with one attached hydrogen (secondary N) is 1. The molecule has 0 saturated carbocycles. The minimum absolute atomic E-state index is 0.113. The fraction of sp³-hybridized carbons (Fsp3) is 0.467. The van der Waals surface area contributed by atoms with Crippen LogP contribution in [0.3, 0.4) is 0 Å². The van der Waals surface area contributed by atoms with E-state index >= 15 is 0 Å². The average Bonchev–Trinajstić information content (AvgIpc) is 2.35. The molecule has 1 N–H and O–H groups in total. The first kappa shape index (κ1) is 13.9. The van der Waals surface area contributed by atoms with Crippen LogP contribution in [0.1, 0.15) is 43.7 Å². The van der Waals surface area contributed by atoms with Crippen molar-refractivity contribution in [2.75, 3.05) is 7.05 Å². The third-order valence-electron chi connectivity index (χ3n) is 3.03. The summed E-state index contributed by atoms with van der Waals surface area (Å²) in [6.45, 7) is 3.71. The van der Waals surface area contributed by atoms with Crippen molar-refractivity contribution in [2.24, 2.45) is 0 Å². The molecule has 1 unspecified atom stereocenters. The van der Waals surface area contributed by atoms with Crippen molar-refractivity contribution in [3.05, 3.63) is 48.3 Å². The van der Waals surface area contributed by atoms with E-state index in [0.29, 0.717) is 0 Å². The van der Waals surface area contributed by atoms with Gasteiger partial charge in [-0.1, -0.05) is 37.1 Å². The van der Waals surface area contributed by atoms with Crippen molar-refractivity contribution < 1.29 is 4.39 Å². The summed E-state index contributed by atoms with van der Waals surface area (Å²) in [5.74, 6) is -0.113. The highest BCUT2D eigenvalue weighted by Gasteiger charge is 2.12. The molecule has 0 aliphatic rings. The van der Waals surface area contributed by atoms with E-state index in [1.54, 1.807) is 6.07 Å². The largest absolute Gasteiger partial charge is 0.313 e. The first-order chi connectivity index (χ1) is 8.29. The maximum atomic E-state index is 13.6. The summed E-state index contributed by atoms with van der Waals surface area (Å²) in [6, 6.07) is 7.13. The molecule has 0 radical (unpaired) electrons. The summed E-state index contributed by atoms with van der Waals surface area (Å²) in [5.41, 5.74) is 0.777. The maximum absolute atomic E-state index is 13.6. The Morgan fingerprint density at radius 2 is 2.06 bits per heavy atom. The molecular formula is C15H22FN. The van der Waals surface area contributed by atoms with Crippen LogP contribution >= 0.6 is 0 Å². The fourth-order valence-electron chi connectivity index (χ4n) is 2.03. The number of rotatable bonds is 8. The van der Waals surface area contributed by atoms with Crippen molar-refractivity contribution in [3.63, 3.8) is 0 Å². The monoisotopic (exact) mass is 235 g/mol. The van der Waals surface area contributed by atoms with Crippen molar-refractivity contribution >= 4 is 0 Å². The Hall–Kier alpha value is -1.15.